The highest BCUT2D eigenvalue weighted by molar-refractivity contribution is 6.12. The van der Waals surface area contributed by atoms with E-state index in [1.54, 1.807) is 38.1 Å². The van der Waals surface area contributed by atoms with Crippen LogP contribution in [-0.2, 0) is 35.3 Å². The van der Waals surface area contributed by atoms with E-state index in [2.05, 4.69) is 21.3 Å². The van der Waals surface area contributed by atoms with Crippen LogP contribution in [0.15, 0.2) is 60.7 Å². The van der Waals surface area contributed by atoms with Gasteiger partial charge in [-0.25, -0.2) is 9.59 Å². The van der Waals surface area contributed by atoms with E-state index in [0.717, 1.165) is 17.1 Å². The van der Waals surface area contributed by atoms with E-state index < -0.39 is 58.7 Å². The molecule has 18 heteroatoms. The summed E-state index contributed by atoms with van der Waals surface area (Å²) < 4.78 is 10.1. The highest BCUT2D eigenvalue weighted by atomic mass is 16.7. The molecule has 0 aromatic heterocycles. The first kappa shape index (κ1) is 39.1. The molecule has 0 aliphatic carbocycles. The summed E-state index contributed by atoms with van der Waals surface area (Å²) in [5.74, 6) is -2.92. The zero-order chi connectivity index (χ0) is 37.5. The van der Waals surface area contributed by atoms with Crippen molar-refractivity contribution in [1.82, 2.24) is 20.9 Å². The third-order valence-corrected chi connectivity index (χ3v) is 7.38. The zero-order valence-electron chi connectivity index (χ0n) is 27.9. The van der Waals surface area contributed by atoms with Gasteiger partial charge >= 0.3 is 12.2 Å². The summed E-state index contributed by atoms with van der Waals surface area (Å²) in [5.41, 5.74) is 5.85. The largest absolute Gasteiger partial charge is 0.514 e. The van der Waals surface area contributed by atoms with Gasteiger partial charge in [0, 0.05) is 49.5 Å². The van der Waals surface area contributed by atoms with Crippen molar-refractivity contribution < 1.29 is 48.0 Å². The molecule has 1 aliphatic rings. The third kappa shape index (κ3) is 12.9. The molecule has 0 spiro atoms. The van der Waals surface area contributed by atoms with Crippen LogP contribution in [0.2, 0.25) is 0 Å². The average Bonchev–Trinajstić information content (AvgIpc) is 3.40. The van der Waals surface area contributed by atoms with Crippen LogP contribution in [0.1, 0.15) is 45.1 Å². The third-order valence-electron chi connectivity index (χ3n) is 7.38. The number of carbonyl (C=O) groups is 7. The minimum Gasteiger partial charge on any atom is -0.429 e. The molecule has 1 heterocycles. The lowest BCUT2D eigenvalue weighted by Crippen LogP contribution is -2.54. The first-order valence-corrected chi connectivity index (χ1v) is 15.9. The van der Waals surface area contributed by atoms with Crippen LogP contribution in [0.5, 0.6) is 5.75 Å². The molecule has 7 amide bonds. The van der Waals surface area contributed by atoms with Crippen LogP contribution in [0.4, 0.5) is 21.0 Å². The Kier molecular flexibility index (Phi) is 14.6. The van der Waals surface area contributed by atoms with E-state index in [4.69, 9.17) is 15.2 Å². The fraction of sp³-hybridized carbons (Fsp3) is 0.364. The number of non-ortho nitro benzene ring substituents is 1. The van der Waals surface area contributed by atoms with Crippen molar-refractivity contribution in [1.29, 1.82) is 0 Å². The number of nitro benzene ring substituents is 1. The molecule has 18 nitrogen and oxygen atoms in total. The minimum atomic E-state index is -1.08. The first-order valence-electron chi connectivity index (χ1n) is 15.9. The summed E-state index contributed by atoms with van der Waals surface area (Å²) in [7, 11) is 0. The van der Waals surface area contributed by atoms with Gasteiger partial charge in [-0.2, -0.15) is 0 Å². The molecule has 3 rings (SSSR count). The Balaban J connectivity index is 1.55. The lowest BCUT2D eigenvalue weighted by molar-refractivity contribution is -0.384. The van der Waals surface area contributed by atoms with Crippen LogP contribution in [0.3, 0.4) is 0 Å². The normalized spacial score (nSPS) is 13.3. The van der Waals surface area contributed by atoms with E-state index in [9.17, 15) is 43.7 Å². The number of nitrogens with two attached hydrogens (primary N) is 1. The number of hydrogen-bond donors (Lipinski definition) is 5. The Morgan fingerprint density at radius 1 is 0.902 bits per heavy atom. The second-order valence-electron chi connectivity index (χ2n) is 11.6. The molecule has 272 valence electrons. The maximum atomic E-state index is 13.3. The molecule has 1 aliphatic heterocycles. The van der Waals surface area contributed by atoms with E-state index in [0.29, 0.717) is 11.3 Å². The highest BCUT2D eigenvalue weighted by Gasteiger charge is 2.29. The second kappa shape index (κ2) is 19.0. The van der Waals surface area contributed by atoms with E-state index in [-0.39, 0.29) is 62.7 Å². The van der Waals surface area contributed by atoms with E-state index in [1.807, 2.05) is 0 Å². The molecule has 51 heavy (non-hydrogen) atoms. The van der Waals surface area contributed by atoms with Crippen molar-refractivity contribution in [3.63, 3.8) is 0 Å². The summed E-state index contributed by atoms with van der Waals surface area (Å²) in [4.78, 5) is 97.1. The van der Waals surface area contributed by atoms with E-state index >= 15 is 0 Å². The number of nitro groups is 1. The molecule has 2 aromatic carbocycles. The summed E-state index contributed by atoms with van der Waals surface area (Å²) >= 11 is 0. The van der Waals surface area contributed by atoms with Crippen LogP contribution >= 0.6 is 0 Å². The van der Waals surface area contributed by atoms with Crippen molar-refractivity contribution in [2.75, 3.05) is 18.4 Å². The van der Waals surface area contributed by atoms with Crippen molar-refractivity contribution in [3.8, 4) is 5.75 Å². The second-order valence-corrected chi connectivity index (χ2v) is 11.6. The molecule has 2 aromatic rings. The number of carbonyl (C=O) groups excluding carboxylic acids is 7. The van der Waals surface area contributed by atoms with Crippen LogP contribution < -0.4 is 31.7 Å². The van der Waals surface area contributed by atoms with Gasteiger partial charge < -0.3 is 36.5 Å². The number of anilines is 1. The average molecular weight is 710 g/mol. The number of hydrogen-bond acceptors (Lipinski definition) is 11. The Morgan fingerprint density at radius 2 is 1.55 bits per heavy atom. The van der Waals surface area contributed by atoms with Gasteiger partial charge in [-0.05, 0) is 55.0 Å². The van der Waals surface area contributed by atoms with Gasteiger partial charge in [0.2, 0.25) is 17.7 Å². The molecule has 0 radical (unpaired) electrons. The summed E-state index contributed by atoms with van der Waals surface area (Å²) in [6.45, 7) is 3.43. The summed E-state index contributed by atoms with van der Waals surface area (Å²) in [6.07, 6.45) is 1.77. The monoisotopic (exact) mass is 709 g/mol. The number of urea groups is 1. The lowest BCUT2D eigenvalue weighted by Gasteiger charge is -2.25. The van der Waals surface area contributed by atoms with Crippen molar-refractivity contribution in [2.45, 2.75) is 58.2 Å². The van der Waals surface area contributed by atoms with Crippen molar-refractivity contribution >= 4 is 53.1 Å². The highest BCUT2D eigenvalue weighted by Crippen LogP contribution is 2.18. The summed E-state index contributed by atoms with van der Waals surface area (Å²) in [6, 6.07) is 8.27. The predicted molar refractivity (Wildman–Crippen MR) is 180 cm³/mol. The number of primary amides is 1. The molecule has 0 saturated carbocycles. The predicted octanol–water partition coefficient (Wildman–Crippen LogP) is 2.03. The molecule has 0 fully saturated rings. The lowest BCUT2D eigenvalue weighted by atomic mass is 10.0. The van der Waals surface area contributed by atoms with Crippen LogP contribution in [-0.4, -0.2) is 76.7 Å². The molecule has 2 atom stereocenters. The van der Waals surface area contributed by atoms with Crippen molar-refractivity contribution in [3.05, 3.63) is 76.4 Å². The minimum absolute atomic E-state index is 0.0447. The fourth-order valence-corrected chi connectivity index (χ4v) is 4.70. The SMILES string of the molecule is CC(C)[C@H](NC(=O)CCCN1C(=O)C=CC1=O)C(=O)N[C@@H](CCCNC(N)=O)C(=O)Nc1ccc(COC(=O)Oc2ccc([N+](=O)[O-])cc2)cc1. The Labute approximate surface area is 292 Å². The van der Waals surface area contributed by atoms with E-state index in [1.165, 1.54) is 24.3 Å². The van der Waals surface area contributed by atoms with Crippen LogP contribution in [0, 0.1) is 16.0 Å². The number of benzene rings is 2. The number of rotatable bonds is 18. The van der Waals surface area contributed by atoms with Gasteiger partial charge in [0.25, 0.3) is 17.5 Å². The maximum Gasteiger partial charge on any atom is 0.514 e. The molecular formula is C33H39N7O11. The number of imide groups is 1. The molecule has 0 bridgehead atoms. The number of nitrogens with one attached hydrogen (secondary N) is 4. The fourth-order valence-electron chi connectivity index (χ4n) is 4.70. The quantitative estimate of drug-likeness (QED) is 0.0373. The smallest absolute Gasteiger partial charge is 0.429 e. The molecule has 6 N–H and O–H groups in total. The topological polar surface area (TPSA) is 258 Å². The summed E-state index contributed by atoms with van der Waals surface area (Å²) in [5, 5.41) is 21.2. The van der Waals surface area contributed by atoms with Crippen molar-refractivity contribution in [2.24, 2.45) is 11.7 Å². The van der Waals surface area contributed by atoms with Gasteiger partial charge in [-0.3, -0.25) is 39.0 Å². The Morgan fingerprint density at radius 3 is 2.14 bits per heavy atom. The van der Waals surface area contributed by atoms with Gasteiger partial charge in [-0.15, -0.1) is 0 Å². The number of nitrogens with zero attached hydrogens (tertiary/aromatic N) is 2. The first-order chi connectivity index (χ1) is 24.2. The molecule has 0 unspecified atom stereocenters. The zero-order valence-corrected chi connectivity index (χ0v) is 27.9. The standard InChI is InChI=1S/C33H39N7O11/c1-20(2)29(38-26(41)6-4-18-39-27(42)15-16-28(39)43)31(45)37-25(5-3-17-35-32(34)46)30(44)36-22-9-7-21(8-10-22)19-50-33(47)51-24-13-11-23(12-14-24)40(48)49/h7-16,20,25,29H,3-6,17-19H2,1-2H3,(H,36,44)(H,37,45)(H,38,41)(H3,34,35,46)/t25-,29-/m0/s1. The van der Waals surface area contributed by atoms with Crippen LogP contribution in [0.25, 0.3) is 0 Å². The van der Waals surface area contributed by atoms with Gasteiger partial charge in [0.1, 0.15) is 24.4 Å². The number of ether oxygens (including phenoxy) is 2. The van der Waals surface area contributed by atoms with Gasteiger partial charge in [0.05, 0.1) is 4.92 Å². The maximum absolute atomic E-state index is 13.3. The Hall–Kier alpha value is -6.33. The van der Waals surface area contributed by atoms with Gasteiger partial charge in [-0.1, -0.05) is 26.0 Å². The molecule has 0 saturated heterocycles. The molecular weight excluding hydrogens is 670 g/mol. The number of amides is 7. The Bertz CT molecular complexity index is 1630. The van der Waals surface area contributed by atoms with Gasteiger partial charge in [0.15, 0.2) is 0 Å².